The molecular formula is C20H33N3O. The quantitative estimate of drug-likeness (QED) is 0.836. The Kier molecular flexibility index (Phi) is 7.96. The number of aryl methyl sites for hydroxylation is 3. The maximum absolute atomic E-state index is 11.4. The van der Waals surface area contributed by atoms with Crippen molar-refractivity contribution in [1.82, 2.24) is 14.3 Å². The molecule has 0 atom stereocenters. The second-order valence-electron chi connectivity index (χ2n) is 6.35. The molecule has 1 aliphatic rings. The number of nitrogens with zero attached hydrogens (tertiary/aromatic N) is 3. The highest BCUT2D eigenvalue weighted by atomic mass is 16.1. The van der Waals surface area contributed by atoms with Crippen LogP contribution in [0.25, 0.3) is 0 Å². The van der Waals surface area contributed by atoms with Gasteiger partial charge in [-0.3, -0.25) is 9.48 Å². The molecule has 1 fully saturated rings. The van der Waals surface area contributed by atoms with Crippen LogP contribution in [0.15, 0.2) is 29.2 Å². The van der Waals surface area contributed by atoms with Gasteiger partial charge in [-0.2, -0.15) is 5.10 Å². The molecule has 0 aliphatic heterocycles. The summed E-state index contributed by atoms with van der Waals surface area (Å²) in [7, 11) is 3.80. The summed E-state index contributed by atoms with van der Waals surface area (Å²) in [5.74, 6) is 1.11. The highest BCUT2D eigenvalue weighted by Crippen LogP contribution is 2.39. The van der Waals surface area contributed by atoms with Crippen molar-refractivity contribution in [2.75, 3.05) is 0 Å². The number of hydrogen-bond acceptors (Lipinski definition) is 2. The minimum Gasteiger partial charge on any atom is -0.318 e. The van der Waals surface area contributed by atoms with E-state index < -0.39 is 0 Å². The van der Waals surface area contributed by atoms with E-state index in [1.165, 1.54) is 24.2 Å². The van der Waals surface area contributed by atoms with Gasteiger partial charge in [0, 0.05) is 37.5 Å². The van der Waals surface area contributed by atoms with Crippen molar-refractivity contribution in [3.8, 4) is 0 Å². The molecule has 2 heterocycles. The summed E-state index contributed by atoms with van der Waals surface area (Å²) < 4.78 is 3.61. The zero-order valence-corrected chi connectivity index (χ0v) is 16.3. The van der Waals surface area contributed by atoms with Crippen molar-refractivity contribution in [3.05, 3.63) is 51.7 Å². The lowest BCUT2D eigenvalue weighted by atomic mass is 10.1. The van der Waals surface area contributed by atoms with Gasteiger partial charge in [-0.25, -0.2) is 0 Å². The number of rotatable bonds is 3. The van der Waals surface area contributed by atoms with E-state index in [9.17, 15) is 4.79 Å². The van der Waals surface area contributed by atoms with E-state index in [2.05, 4.69) is 18.1 Å². The molecule has 0 saturated heterocycles. The molecule has 0 aromatic carbocycles. The van der Waals surface area contributed by atoms with Crippen LogP contribution < -0.4 is 5.56 Å². The molecule has 3 rings (SSSR count). The van der Waals surface area contributed by atoms with Gasteiger partial charge in [0.25, 0.3) is 5.56 Å². The fourth-order valence-electron chi connectivity index (χ4n) is 2.50. The lowest BCUT2D eigenvalue weighted by Crippen LogP contribution is -2.20. The molecule has 0 bridgehead atoms. The Morgan fingerprint density at radius 1 is 1.25 bits per heavy atom. The maximum atomic E-state index is 11.4. The Labute approximate surface area is 146 Å². The van der Waals surface area contributed by atoms with Gasteiger partial charge in [-0.1, -0.05) is 40.7 Å². The fourth-order valence-corrected chi connectivity index (χ4v) is 2.50. The average molecular weight is 332 g/mol. The first-order chi connectivity index (χ1) is 11.4. The SMILES string of the molecule is CC.CC(C)c1cccn(C)c1=O.CCc1cc(C2CC2)nn1C. The summed E-state index contributed by atoms with van der Waals surface area (Å²) in [6.07, 6.45) is 5.56. The van der Waals surface area contributed by atoms with Crippen molar-refractivity contribution >= 4 is 0 Å². The molecule has 4 heteroatoms. The topological polar surface area (TPSA) is 39.8 Å². The van der Waals surface area contributed by atoms with Gasteiger partial charge in [0.2, 0.25) is 0 Å². The summed E-state index contributed by atoms with van der Waals surface area (Å²) in [5.41, 5.74) is 3.66. The van der Waals surface area contributed by atoms with Crippen LogP contribution >= 0.6 is 0 Å². The third-order valence-corrected chi connectivity index (χ3v) is 4.13. The normalized spacial score (nSPS) is 13.0. The molecule has 0 N–H and O–H groups in total. The van der Waals surface area contributed by atoms with Crippen molar-refractivity contribution in [2.24, 2.45) is 14.1 Å². The monoisotopic (exact) mass is 331 g/mol. The predicted molar refractivity (Wildman–Crippen MR) is 102 cm³/mol. The Bertz CT molecular complexity index is 678. The summed E-state index contributed by atoms with van der Waals surface area (Å²) in [4.78, 5) is 11.4. The van der Waals surface area contributed by atoms with Crippen LogP contribution in [-0.4, -0.2) is 14.3 Å². The van der Waals surface area contributed by atoms with Crippen LogP contribution in [-0.2, 0) is 20.5 Å². The van der Waals surface area contributed by atoms with E-state index in [0.717, 1.165) is 17.9 Å². The molecule has 4 nitrogen and oxygen atoms in total. The molecule has 134 valence electrons. The lowest BCUT2D eigenvalue weighted by molar-refractivity contribution is 0.703. The van der Waals surface area contributed by atoms with Gasteiger partial charge in [-0.15, -0.1) is 0 Å². The molecule has 1 saturated carbocycles. The minimum absolute atomic E-state index is 0.113. The van der Waals surface area contributed by atoms with Crippen molar-refractivity contribution in [3.63, 3.8) is 0 Å². The maximum Gasteiger partial charge on any atom is 0.253 e. The van der Waals surface area contributed by atoms with Crippen molar-refractivity contribution in [1.29, 1.82) is 0 Å². The fraction of sp³-hybridized carbons (Fsp3) is 0.600. The zero-order valence-electron chi connectivity index (χ0n) is 16.3. The van der Waals surface area contributed by atoms with Crippen LogP contribution in [0.3, 0.4) is 0 Å². The molecule has 0 radical (unpaired) electrons. The van der Waals surface area contributed by atoms with Crippen LogP contribution in [0, 0.1) is 0 Å². The highest BCUT2D eigenvalue weighted by molar-refractivity contribution is 5.18. The first kappa shape index (κ1) is 20.2. The van der Waals surface area contributed by atoms with Crippen LogP contribution in [0.4, 0.5) is 0 Å². The van der Waals surface area contributed by atoms with Crippen LogP contribution in [0.1, 0.15) is 76.2 Å². The number of aromatic nitrogens is 3. The first-order valence-corrected chi connectivity index (χ1v) is 9.12. The minimum atomic E-state index is 0.113. The molecular weight excluding hydrogens is 298 g/mol. The lowest BCUT2D eigenvalue weighted by Gasteiger charge is -2.04. The third kappa shape index (κ3) is 5.36. The van der Waals surface area contributed by atoms with Gasteiger partial charge >= 0.3 is 0 Å². The Morgan fingerprint density at radius 2 is 1.88 bits per heavy atom. The Hall–Kier alpha value is -1.84. The number of pyridine rings is 1. The van der Waals surface area contributed by atoms with E-state index in [1.807, 2.05) is 51.6 Å². The van der Waals surface area contributed by atoms with Gasteiger partial charge in [0.15, 0.2) is 0 Å². The van der Waals surface area contributed by atoms with Crippen molar-refractivity contribution < 1.29 is 0 Å². The summed E-state index contributed by atoms with van der Waals surface area (Å²) in [5, 5.41) is 4.46. The Morgan fingerprint density at radius 3 is 2.29 bits per heavy atom. The molecule has 2 aromatic heterocycles. The van der Waals surface area contributed by atoms with E-state index >= 15 is 0 Å². The van der Waals surface area contributed by atoms with Gasteiger partial charge in [0.05, 0.1) is 5.69 Å². The average Bonchev–Trinajstić information content (AvgIpc) is 3.35. The second kappa shape index (κ2) is 9.45. The van der Waals surface area contributed by atoms with E-state index in [0.29, 0.717) is 5.92 Å². The van der Waals surface area contributed by atoms with Crippen LogP contribution in [0.2, 0.25) is 0 Å². The van der Waals surface area contributed by atoms with Crippen LogP contribution in [0.5, 0.6) is 0 Å². The van der Waals surface area contributed by atoms with Gasteiger partial charge < -0.3 is 4.57 Å². The summed E-state index contributed by atoms with van der Waals surface area (Å²) in [6, 6.07) is 6.03. The second-order valence-corrected chi connectivity index (χ2v) is 6.35. The summed E-state index contributed by atoms with van der Waals surface area (Å²) in [6.45, 7) is 10.2. The smallest absolute Gasteiger partial charge is 0.253 e. The number of hydrogen-bond donors (Lipinski definition) is 0. The zero-order chi connectivity index (χ0) is 18.3. The van der Waals surface area contributed by atoms with Gasteiger partial charge in [0.1, 0.15) is 0 Å². The van der Waals surface area contributed by atoms with E-state index in [-0.39, 0.29) is 5.56 Å². The first-order valence-electron chi connectivity index (χ1n) is 9.12. The third-order valence-electron chi connectivity index (χ3n) is 4.13. The predicted octanol–water partition coefficient (Wildman–Crippen LogP) is 4.39. The molecule has 1 aliphatic carbocycles. The molecule has 0 unspecified atom stereocenters. The molecule has 24 heavy (non-hydrogen) atoms. The molecule has 2 aromatic rings. The van der Waals surface area contributed by atoms with Crippen molar-refractivity contribution in [2.45, 2.75) is 65.7 Å². The Balaban J connectivity index is 0.000000218. The molecule has 0 spiro atoms. The summed E-state index contributed by atoms with van der Waals surface area (Å²) >= 11 is 0. The largest absolute Gasteiger partial charge is 0.318 e. The van der Waals surface area contributed by atoms with E-state index in [1.54, 1.807) is 17.8 Å². The highest BCUT2D eigenvalue weighted by Gasteiger charge is 2.26. The molecule has 0 amide bonds. The standard InChI is InChI=1S/C9H14N2.C9H13NO.C2H6/c1-3-8-6-9(7-4-5-7)10-11(8)2;1-7(2)8-5-4-6-10(3)9(8)11;1-2/h6-7H,3-5H2,1-2H3;4-7H,1-3H3;1-2H3. The van der Waals surface area contributed by atoms with E-state index in [4.69, 9.17) is 0 Å². The van der Waals surface area contributed by atoms with Gasteiger partial charge in [-0.05, 0) is 37.3 Å².